The molecular formula is C53H30N6S2. The lowest BCUT2D eigenvalue weighted by Crippen LogP contribution is -2.29. The number of nitrogens with zero attached hydrogens (tertiary/aromatic N) is 6. The highest BCUT2D eigenvalue weighted by Crippen LogP contribution is 2.55. The van der Waals surface area contributed by atoms with Crippen LogP contribution in [0.2, 0.25) is 0 Å². The average molecular weight is 815 g/mol. The standard InChI is InChI=1S/C53H30N6S2/c1-53-25-37(59-47-12-4-32(28-56)20-40(47)41-21-33(29-57)5-13-48(41)59)9-17-52(53)61-51-15-7-35(23-44(51)53)34-6-14-49-42(22-34)43-24-36(8-16-50(43)60-49)58-45-10-2-30(26-54)18-38(45)39-19-31(27-55)3-11-46(39)58/h2-25,43,50,52H,1H3. The molecular weight excluding hydrogens is 785 g/mol. The van der Waals surface area contributed by atoms with Gasteiger partial charge in [-0.05, 0) is 138 Å². The lowest BCUT2D eigenvalue weighted by atomic mass is 9.75. The molecule has 2 aromatic heterocycles. The quantitative estimate of drug-likeness (QED) is 0.176. The lowest BCUT2D eigenvalue weighted by molar-refractivity contribution is 0.620. The zero-order chi connectivity index (χ0) is 41.1. The van der Waals surface area contributed by atoms with Crippen molar-refractivity contribution < 1.29 is 0 Å². The van der Waals surface area contributed by atoms with E-state index in [0.29, 0.717) is 22.3 Å². The van der Waals surface area contributed by atoms with Gasteiger partial charge in [0.1, 0.15) is 0 Å². The molecule has 0 spiro atoms. The Balaban J connectivity index is 0.935. The van der Waals surface area contributed by atoms with Gasteiger partial charge in [0.05, 0.1) is 68.6 Å². The van der Waals surface area contributed by atoms with Crippen LogP contribution in [0.1, 0.15) is 46.2 Å². The first kappa shape index (κ1) is 35.5. The highest BCUT2D eigenvalue weighted by atomic mass is 32.2. The SMILES string of the molecule is CC12C=C(n3c4ccc(C#N)cc4c4cc(C#N)ccc43)C=CC1Sc1ccc(-c3ccc4c(c3)C3C=C(n5c6ccc(C#N)cc6c6cc(C#N)ccc65)C=CC3S4)cc12. The third kappa shape index (κ3) is 5.14. The van der Waals surface area contributed by atoms with Crippen LogP contribution >= 0.6 is 23.5 Å². The lowest BCUT2D eigenvalue weighted by Gasteiger charge is -2.31. The Bertz CT molecular complexity index is 3500. The molecule has 0 saturated carbocycles. The summed E-state index contributed by atoms with van der Waals surface area (Å²) >= 11 is 3.83. The Labute approximate surface area is 359 Å². The number of nitriles is 4. The number of thioether (sulfide) groups is 2. The molecule has 4 atom stereocenters. The summed E-state index contributed by atoms with van der Waals surface area (Å²) in [6, 6.07) is 46.3. The molecule has 61 heavy (non-hydrogen) atoms. The van der Waals surface area contributed by atoms with Crippen molar-refractivity contribution >= 4 is 78.5 Å². The van der Waals surface area contributed by atoms with Crippen molar-refractivity contribution in [3.8, 4) is 35.4 Å². The maximum Gasteiger partial charge on any atom is 0.0991 e. The van der Waals surface area contributed by atoms with E-state index in [2.05, 4.69) is 113 Å². The van der Waals surface area contributed by atoms with Crippen LogP contribution in [-0.4, -0.2) is 19.6 Å². The molecule has 8 aromatic rings. The van der Waals surface area contributed by atoms with E-state index in [0.717, 1.165) is 55.0 Å². The number of benzene rings is 6. The van der Waals surface area contributed by atoms with E-state index in [1.165, 1.54) is 32.0 Å². The van der Waals surface area contributed by atoms with Gasteiger partial charge in [-0.2, -0.15) is 21.0 Å². The Morgan fingerprint density at radius 1 is 0.525 bits per heavy atom. The van der Waals surface area contributed by atoms with E-state index in [4.69, 9.17) is 0 Å². The average Bonchev–Trinajstić information content (AvgIpc) is 4.02. The third-order valence-electron chi connectivity index (χ3n) is 13.0. The molecule has 2 aliphatic carbocycles. The van der Waals surface area contributed by atoms with Gasteiger partial charge >= 0.3 is 0 Å². The number of allylic oxidation sites excluding steroid dienone is 6. The fraction of sp³-hybridized carbons (Fsp3) is 0.0943. The molecule has 284 valence electrons. The summed E-state index contributed by atoms with van der Waals surface area (Å²) in [6.07, 6.45) is 13.9. The molecule has 2 aliphatic heterocycles. The second-order valence-corrected chi connectivity index (χ2v) is 18.7. The molecule has 8 heteroatoms. The van der Waals surface area contributed by atoms with Crippen LogP contribution in [-0.2, 0) is 5.41 Å². The van der Waals surface area contributed by atoms with Crippen molar-refractivity contribution in [1.29, 1.82) is 21.0 Å². The highest BCUT2D eigenvalue weighted by molar-refractivity contribution is 8.00. The molecule has 0 saturated heterocycles. The molecule has 0 N–H and O–H groups in total. The Kier molecular flexibility index (Phi) is 7.57. The third-order valence-corrected chi connectivity index (χ3v) is 15.8. The molecule has 6 nitrogen and oxygen atoms in total. The largest absolute Gasteiger partial charge is 0.310 e. The molecule has 0 fully saturated rings. The minimum atomic E-state index is -0.282. The molecule has 4 unspecified atom stereocenters. The predicted molar refractivity (Wildman–Crippen MR) is 246 cm³/mol. The second kappa shape index (κ2) is 13.0. The summed E-state index contributed by atoms with van der Waals surface area (Å²) in [5, 5.41) is 43.3. The summed E-state index contributed by atoms with van der Waals surface area (Å²) < 4.78 is 4.55. The Morgan fingerprint density at radius 2 is 1.02 bits per heavy atom. The van der Waals surface area contributed by atoms with Gasteiger partial charge in [-0.1, -0.05) is 37.3 Å². The van der Waals surface area contributed by atoms with E-state index in [9.17, 15) is 21.0 Å². The molecule has 4 aliphatic rings. The van der Waals surface area contributed by atoms with Crippen LogP contribution in [0, 0.1) is 45.3 Å². The van der Waals surface area contributed by atoms with Crippen molar-refractivity contribution in [3.05, 3.63) is 179 Å². The summed E-state index contributed by atoms with van der Waals surface area (Å²) in [7, 11) is 0. The minimum absolute atomic E-state index is 0.171. The smallest absolute Gasteiger partial charge is 0.0991 e. The molecule has 0 amide bonds. The van der Waals surface area contributed by atoms with Gasteiger partial charge in [0, 0.05) is 64.6 Å². The number of hydrogen-bond acceptors (Lipinski definition) is 6. The monoisotopic (exact) mass is 814 g/mol. The predicted octanol–water partition coefficient (Wildman–Crippen LogP) is 12.6. The normalized spacial score (nSPS) is 20.6. The summed E-state index contributed by atoms with van der Waals surface area (Å²) in [6.45, 7) is 2.35. The van der Waals surface area contributed by atoms with Crippen LogP contribution in [0.4, 0.5) is 0 Å². The first-order valence-corrected chi connectivity index (χ1v) is 21.8. The topological polar surface area (TPSA) is 105 Å². The summed E-state index contributed by atoms with van der Waals surface area (Å²) in [5.74, 6) is 0.171. The van der Waals surface area contributed by atoms with Crippen LogP contribution in [0.5, 0.6) is 0 Å². The highest BCUT2D eigenvalue weighted by Gasteiger charge is 2.43. The van der Waals surface area contributed by atoms with E-state index < -0.39 is 0 Å². The van der Waals surface area contributed by atoms with Crippen LogP contribution < -0.4 is 0 Å². The first-order valence-electron chi connectivity index (χ1n) is 20.1. The zero-order valence-corrected chi connectivity index (χ0v) is 34.2. The number of aromatic nitrogens is 2. The van der Waals surface area contributed by atoms with Gasteiger partial charge in [-0.3, -0.25) is 0 Å². The number of rotatable bonds is 3. The number of fused-ring (bicyclic) bond motifs is 12. The van der Waals surface area contributed by atoms with Crippen molar-refractivity contribution in [2.45, 2.75) is 38.5 Å². The maximum atomic E-state index is 9.74. The summed E-state index contributed by atoms with van der Waals surface area (Å²) in [4.78, 5) is 2.58. The fourth-order valence-electron chi connectivity index (χ4n) is 10.0. The minimum Gasteiger partial charge on any atom is -0.310 e. The second-order valence-electron chi connectivity index (χ2n) is 16.3. The maximum absolute atomic E-state index is 9.74. The van der Waals surface area contributed by atoms with Gasteiger partial charge < -0.3 is 9.13 Å². The Hall–Kier alpha value is -7.46. The van der Waals surface area contributed by atoms with Gasteiger partial charge in [0.25, 0.3) is 0 Å². The molecule has 12 rings (SSSR count). The van der Waals surface area contributed by atoms with E-state index in [1.807, 2.05) is 96.3 Å². The van der Waals surface area contributed by atoms with Crippen molar-refractivity contribution in [1.82, 2.24) is 9.13 Å². The molecule has 4 heterocycles. The van der Waals surface area contributed by atoms with E-state index in [-0.39, 0.29) is 21.8 Å². The van der Waals surface area contributed by atoms with Gasteiger partial charge in [-0.25, -0.2) is 0 Å². The van der Waals surface area contributed by atoms with E-state index in [1.54, 1.807) is 0 Å². The van der Waals surface area contributed by atoms with Gasteiger partial charge in [0.2, 0.25) is 0 Å². The fourth-order valence-corrected chi connectivity index (χ4v) is 12.7. The van der Waals surface area contributed by atoms with E-state index >= 15 is 0 Å². The van der Waals surface area contributed by atoms with Crippen molar-refractivity contribution in [3.63, 3.8) is 0 Å². The molecule has 0 radical (unpaired) electrons. The molecule has 0 bridgehead atoms. The van der Waals surface area contributed by atoms with Crippen LogP contribution in [0.15, 0.2) is 155 Å². The Morgan fingerprint density at radius 3 is 1.56 bits per heavy atom. The molecule has 6 aromatic carbocycles. The summed E-state index contributed by atoms with van der Waals surface area (Å²) in [5.41, 5.74) is 13.3. The van der Waals surface area contributed by atoms with Gasteiger partial charge in [0.15, 0.2) is 0 Å². The zero-order valence-electron chi connectivity index (χ0n) is 32.6. The van der Waals surface area contributed by atoms with Crippen LogP contribution in [0.25, 0.3) is 66.1 Å². The first-order chi connectivity index (χ1) is 29.8. The van der Waals surface area contributed by atoms with Crippen LogP contribution in [0.3, 0.4) is 0 Å². The number of hydrogen-bond donors (Lipinski definition) is 0. The van der Waals surface area contributed by atoms with Crippen molar-refractivity contribution in [2.75, 3.05) is 0 Å². The van der Waals surface area contributed by atoms with Crippen molar-refractivity contribution in [2.24, 2.45) is 0 Å². The van der Waals surface area contributed by atoms with Gasteiger partial charge in [-0.15, -0.1) is 23.5 Å².